The highest BCUT2D eigenvalue weighted by Crippen LogP contribution is 2.33. The molecule has 1 aromatic carbocycles. The van der Waals surface area contributed by atoms with Crippen LogP contribution in [0.25, 0.3) is 22.3 Å². The summed E-state index contributed by atoms with van der Waals surface area (Å²) in [5.41, 5.74) is 2.14. The van der Waals surface area contributed by atoms with Crippen LogP contribution >= 0.6 is 0 Å². The van der Waals surface area contributed by atoms with E-state index < -0.39 is 15.7 Å². The van der Waals surface area contributed by atoms with Gasteiger partial charge in [0.15, 0.2) is 15.5 Å². The maximum absolute atomic E-state index is 14.7. The number of fused-ring (bicyclic) bond motifs is 1. The van der Waals surface area contributed by atoms with E-state index in [1.165, 1.54) is 6.07 Å². The molecule has 2 aliphatic rings. The Morgan fingerprint density at radius 3 is 2.70 bits per heavy atom. The largest absolute Gasteiger partial charge is 0.338 e. The van der Waals surface area contributed by atoms with Gasteiger partial charge in [-0.3, -0.25) is 4.79 Å². The van der Waals surface area contributed by atoms with Gasteiger partial charge in [-0.1, -0.05) is 19.1 Å². The third-order valence-corrected chi connectivity index (χ3v) is 8.47. The fraction of sp³-hybridized carbons (Fsp3) is 0.458. The zero-order chi connectivity index (χ0) is 23.3. The van der Waals surface area contributed by atoms with Gasteiger partial charge in [-0.05, 0) is 50.3 Å². The summed E-state index contributed by atoms with van der Waals surface area (Å²) in [6.45, 7) is 5.29. The molecule has 2 aliphatic heterocycles. The molecular formula is C24H27FN4O3S. The molecular weight excluding hydrogens is 443 g/mol. The number of aromatic nitrogens is 3. The zero-order valence-corrected chi connectivity index (χ0v) is 19.6. The van der Waals surface area contributed by atoms with E-state index in [1.807, 2.05) is 11.8 Å². The van der Waals surface area contributed by atoms with Gasteiger partial charge in [0.1, 0.15) is 5.82 Å². The third-order valence-electron chi connectivity index (χ3n) is 6.72. The number of rotatable bonds is 3. The molecule has 1 amide bonds. The summed E-state index contributed by atoms with van der Waals surface area (Å²) >= 11 is 0. The molecule has 7 nitrogen and oxygen atoms in total. The fourth-order valence-corrected chi connectivity index (χ4v) is 6.75. The monoisotopic (exact) mass is 470 g/mol. The van der Waals surface area contributed by atoms with Crippen LogP contribution in [0.4, 0.5) is 4.39 Å². The summed E-state index contributed by atoms with van der Waals surface area (Å²) < 4.78 is 40.6. The van der Waals surface area contributed by atoms with E-state index in [1.54, 1.807) is 28.9 Å². The maximum atomic E-state index is 14.7. The van der Waals surface area contributed by atoms with E-state index in [9.17, 15) is 17.6 Å². The van der Waals surface area contributed by atoms with Crippen LogP contribution in [0.15, 0.2) is 30.3 Å². The number of aryl methyl sites for hydroxylation is 1. The SMILES string of the molecule is Cc1nn(C2CCS(=O)(=O)C2)c2nc(-c3ccccc3F)cc(C(=O)N3CCCC(C)C3)c12. The number of carbonyl (C=O) groups excluding carboxylic acids is 1. The average Bonchev–Trinajstić information content (AvgIpc) is 3.31. The van der Waals surface area contributed by atoms with Gasteiger partial charge < -0.3 is 4.90 Å². The molecule has 2 saturated heterocycles. The van der Waals surface area contributed by atoms with E-state index in [2.05, 4.69) is 12.0 Å². The minimum atomic E-state index is -3.15. The van der Waals surface area contributed by atoms with Gasteiger partial charge >= 0.3 is 0 Å². The van der Waals surface area contributed by atoms with Gasteiger partial charge in [0.25, 0.3) is 5.91 Å². The Hall–Kier alpha value is -2.81. The minimum absolute atomic E-state index is 0.0122. The second-order valence-corrected chi connectivity index (χ2v) is 11.5. The van der Waals surface area contributed by atoms with Gasteiger partial charge in [0.2, 0.25) is 0 Å². The number of hydrogen-bond acceptors (Lipinski definition) is 5. The van der Waals surface area contributed by atoms with Crippen molar-refractivity contribution in [2.45, 2.75) is 39.2 Å². The Labute approximate surface area is 192 Å². The van der Waals surface area contributed by atoms with Crippen LogP contribution in [0.1, 0.15) is 48.3 Å². The number of amides is 1. The first kappa shape index (κ1) is 22.0. The Morgan fingerprint density at radius 2 is 2.00 bits per heavy atom. The first-order valence-electron chi connectivity index (χ1n) is 11.4. The first-order chi connectivity index (χ1) is 15.7. The van der Waals surface area contributed by atoms with Crippen molar-refractivity contribution in [3.05, 3.63) is 47.4 Å². The van der Waals surface area contributed by atoms with Gasteiger partial charge in [0, 0.05) is 18.7 Å². The van der Waals surface area contributed by atoms with Gasteiger partial charge in [-0.15, -0.1) is 0 Å². The lowest BCUT2D eigenvalue weighted by molar-refractivity contribution is 0.0685. The van der Waals surface area contributed by atoms with Crippen molar-refractivity contribution in [1.29, 1.82) is 0 Å². The molecule has 0 bridgehead atoms. The number of hydrogen-bond donors (Lipinski definition) is 0. The summed E-state index contributed by atoms with van der Waals surface area (Å²) in [7, 11) is -3.15. The second-order valence-electron chi connectivity index (χ2n) is 9.32. The number of halogens is 1. The predicted octanol–water partition coefficient (Wildman–Crippen LogP) is 3.78. The van der Waals surface area contributed by atoms with Crippen molar-refractivity contribution in [2.24, 2.45) is 5.92 Å². The topological polar surface area (TPSA) is 85.2 Å². The quantitative estimate of drug-likeness (QED) is 0.582. The number of likely N-dealkylation sites (tertiary alicyclic amines) is 1. The maximum Gasteiger partial charge on any atom is 0.254 e. The Bertz CT molecular complexity index is 1350. The van der Waals surface area contributed by atoms with E-state index in [0.29, 0.717) is 59.0 Å². The van der Waals surface area contributed by atoms with Crippen LogP contribution in [-0.4, -0.2) is 58.6 Å². The Balaban J connectivity index is 1.71. The number of sulfone groups is 1. The molecule has 33 heavy (non-hydrogen) atoms. The van der Waals surface area contributed by atoms with Crippen LogP contribution in [0, 0.1) is 18.7 Å². The Kier molecular flexibility index (Phi) is 5.47. The van der Waals surface area contributed by atoms with Crippen LogP contribution in [0.2, 0.25) is 0 Å². The smallest absolute Gasteiger partial charge is 0.254 e. The Morgan fingerprint density at radius 1 is 1.21 bits per heavy atom. The predicted molar refractivity (Wildman–Crippen MR) is 124 cm³/mol. The molecule has 0 saturated carbocycles. The van der Waals surface area contributed by atoms with E-state index >= 15 is 0 Å². The lowest BCUT2D eigenvalue weighted by Crippen LogP contribution is -2.39. The second kappa shape index (κ2) is 8.20. The first-order valence-corrected chi connectivity index (χ1v) is 13.2. The molecule has 2 aromatic heterocycles. The summed E-state index contributed by atoms with van der Waals surface area (Å²) in [6.07, 6.45) is 2.47. The summed E-state index contributed by atoms with van der Waals surface area (Å²) in [5, 5.41) is 5.24. The summed E-state index contributed by atoms with van der Waals surface area (Å²) in [4.78, 5) is 20.3. The molecule has 0 aliphatic carbocycles. The standard InChI is InChI=1S/C24H27FN4O3S/c1-15-6-5-10-28(13-15)24(30)19-12-21(18-7-3-4-8-20(18)25)26-23-22(19)16(2)27-29(23)17-9-11-33(31,32)14-17/h3-4,7-8,12,15,17H,5-6,9-11,13-14H2,1-2H3. The highest BCUT2D eigenvalue weighted by atomic mass is 32.2. The highest BCUT2D eigenvalue weighted by Gasteiger charge is 2.33. The number of carbonyl (C=O) groups is 1. The van der Waals surface area contributed by atoms with Crippen molar-refractivity contribution in [3.63, 3.8) is 0 Å². The van der Waals surface area contributed by atoms with Crippen LogP contribution in [-0.2, 0) is 9.84 Å². The molecule has 0 N–H and O–H groups in total. The molecule has 2 atom stereocenters. The molecule has 0 spiro atoms. The number of pyridine rings is 1. The van der Waals surface area contributed by atoms with Crippen LogP contribution in [0.5, 0.6) is 0 Å². The van der Waals surface area contributed by atoms with Crippen molar-refractivity contribution in [1.82, 2.24) is 19.7 Å². The molecule has 9 heteroatoms. The van der Waals surface area contributed by atoms with Crippen molar-refractivity contribution >= 4 is 26.8 Å². The zero-order valence-electron chi connectivity index (χ0n) is 18.8. The molecule has 2 fully saturated rings. The molecule has 0 radical (unpaired) electrons. The molecule has 3 aromatic rings. The molecule has 2 unspecified atom stereocenters. The number of nitrogens with zero attached hydrogens (tertiary/aromatic N) is 4. The van der Waals surface area contributed by atoms with Gasteiger partial charge in [-0.2, -0.15) is 5.10 Å². The van der Waals surface area contributed by atoms with Gasteiger partial charge in [0.05, 0.1) is 39.9 Å². The highest BCUT2D eigenvalue weighted by molar-refractivity contribution is 7.91. The van der Waals surface area contributed by atoms with Gasteiger partial charge in [-0.25, -0.2) is 22.5 Å². The van der Waals surface area contributed by atoms with E-state index in [4.69, 9.17) is 4.98 Å². The van der Waals surface area contributed by atoms with Crippen LogP contribution < -0.4 is 0 Å². The van der Waals surface area contributed by atoms with E-state index in [0.717, 1.165) is 12.8 Å². The van der Waals surface area contributed by atoms with Crippen molar-refractivity contribution < 1.29 is 17.6 Å². The fourth-order valence-electron chi connectivity index (χ4n) is 5.06. The number of benzene rings is 1. The summed E-state index contributed by atoms with van der Waals surface area (Å²) in [6, 6.07) is 7.63. The summed E-state index contributed by atoms with van der Waals surface area (Å²) in [5.74, 6) is -0.0445. The third kappa shape index (κ3) is 4.03. The van der Waals surface area contributed by atoms with E-state index in [-0.39, 0.29) is 23.5 Å². The molecule has 4 heterocycles. The van der Waals surface area contributed by atoms with Crippen molar-refractivity contribution in [3.8, 4) is 11.3 Å². The molecule has 174 valence electrons. The van der Waals surface area contributed by atoms with Crippen LogP contribution in [0.3, 0.4) is 0 Å². The van der Waals surface area contributed by atoms with Crippen molar-refractivity contribution in [2.75, 3.05) is 24.6 Å². The average molecular weight is 471 g/mol. The number of piperidine rings is 1. The minimum Gasteiger partial charge on any atom is -0.338 e. The lowest BCUT2D eigenvalue weighted by Gasteiger charge is -2.31. The normalized spacial score (nSPS) is 22.7. The lowest BCUT2D eigenvalue weighted by atomic mass is 9.98. The molecule has 5 rings (SSSR count).